The van der Waals surface area contributed by atoms with Gasteiger partial charge in [-0.15, -0.1) is 10.2 Å². The van der Waals surface area contributed by atoms with Gasteiger partial charge in [0, 0.05) is 25.7 Å². The van der Waals surface area contributed by atoms with Crippen LogP contribution in [0.5, 0.6) is 5.75 Å². The van der Waals surface area contributed by atoms with Crippen molar-refractivity contribution >= 4 is 23.8 Å². The third-order valence-corrected chi connectivity index (χ3v) is 5.74. The summed E-state index contributed by atoms with van der Waals surface area (Å²) in [6.07, 6.45) is 5.95. The number of fused-ring (bicyclic) bond motifs is 2. The minimum absolute atomic E-state index is 0.0572. The number of pyridine rings is 1. The molecule has 2 aliphatic heterocycles. The number of para-hydroxylation sites is 1. The van der Waals surface area contributed by atoms with E-state index in [2.05, 4.69) is 10.2 Å². The molecule has 2 aliphatic rings. The lowest BCUT2D eigenvalue weighted by molar-refractivity contribution is -0.122. The minimum Gasteiger partial charge on any atom is -0.486 e. The molecule has 9 heteroatoms. The number of Topliss-reactive ketones (excluding diaryl/α,β-unsaturated/α-hetero) is 1. The van der Waals surface area contributed by atoms with E-state index in [1.165, 1.54) is 0 Å². The van der Waals surface area contributed by atoms with E-state index in [4.69, 9.17) is 14.6 Å². The smallest absolute Gasteiger partial charge is 0.290 e. The second-order valence-electron chi connectivity index (χ2n) is 7.62. The predicted molar refractivity (Wildman–Crippen MR) is 110 cm³/mol. The van der Waals surface area contributed by atoms with Crippen LogP contribution < -0.4 is 4.74 Å². The summed E-state index contributed by atoms with van der Waals surface area (Å²) in [6, 6.07) is 11.0. The van der Waals surface area contributed by atoms with Gasteiger partial charge in [-0.25, -0.2) is 0 Å². The number of carboxylic acid groups (broad SMARTS) is 1. The molecule has 160 valence electrons. The van der Waals surface area contributed by atoms with E-state index in [-0.39, 0.29) is 18.2 Å². The first-order valence-electron chi connectivity index (χ1n) is 10.0. The van der Waals surface area contributed by atoms with Gasteiger partial charge >= 0.3 is 0 Å². The Balaban J connectivity index is 0.000000730. The molecule has 9 nitrogen and oxygen atoms in total. The maximum atomic E-state index is 13.1. The summed E-state index contributed by atoms with van der Waals surface area (Å²) in [5.74, 6) is 0.722. The summed E-state index contributed by atoms with van der Waals surface area (Å²) in [6.45, 7) is 0.929. The molecule has 1 fully saturated rings. The number of amides is 1. The zero-order valence-electron chi connectivity index (χ0n) is 16.8. The maximum Gasteiger partial charge on any atom is 0.290 e. The van der Waals surface area contributed by atoms with Gasteiger partial charge in [0.05, 0.1) is 17.5 Å². The van der Waals surface area contributed by atoms with Gasteiger partial charge in [-0.05, 0) is 37.1 Å². The molecule has 0 saturated carbocycles. The average Bonchev–Trinajstić information content (AvgIpc) is 3.17. The normalized spacial score (nSPS) is 20.3. The van der Waals surface area contributed by atoms with Crippen molar-refractivity contribution in [1.29, 1.82) is 0 Å². The fraction of sp³-hybridized carbons (Fsp3) is 0.318. The molecule has 1 amide bonds. The highest BCUT2D eigenvalue weighted by molar-refractivity contribution is 6.01. The lowest BCUT2D eigenvalue weighted by Gasteiger charge is -2.37. The Hall–Kier alpha value is -3.75. The van der Waals surface area contributed by atoms with Gasteiger partial charge in [0.2, 0.25) is 0 Å². The second-order valence-corrected chi connectivity index (χ2v) is 7.62. The molecule has 31 heavy (non-hydrogen) atoms. The number of benzene rings is 1. The first-order chi connectivity index (χ1) is 15.1. The van der Waals surface area contributed by atoms with Crippen LogP contribution in [0.2, 0.25) is 0 Å². The van der Waals surface area contributed by atoms with Crippen molar-refractivity contribution in [3.63, 3.8) is 0 Å². The number of hydrogen-bond acceptors (Lipinski definition) is 6. The number of hydrogen-bond donors (Lipinski definition) is 1. The van der Waals surface area contributed by atoms with Crippen LogP contribution >= 0.6 is 0 Å². The topological polar surface area (TPSA) is 114 Å². The lowest BCUT2D eigenvalue weighted by atomic mass is 9.84. The highest BCUT2D eigenvalue weighted by Gasteiger charge is 2.42. The first-order valence-corrected chi connectivity index (χ1v) is 10.0. The Morgan fingerprint density at radius 2 is 1.97 bits per heavy atom. The fourth-order valence-electron chi connectivity index (χ4n) is 4.28. The summed E-state index contributed by atoms with van der Waals surface area (Å²) in [5, 5.41) is 14.9. The molecule has 4 heterocycles. The molecule has 1 unspecified atom stereocenters. The molecule has 0 radical (unpaired) electrons. The lowest BCUT2D eigenvalue weighted by Crippen LogP contribution is -2.43. The van der Waals surface area contributed by atoms with Gasteiger partial charge in [0.25, 0.3) is 12.4 Å². The number of carbonyl (C=O) groups excluding carboxylic acids is 2. The maximum absolute atomic E-state index is 13.1. The van der Waals surface area contributed by atoms with E-state index < -0.39 is 5.60 Å². The number of ketones is 1. The van der Waals surface area contributed by atoms with E-state index in [9.17, 15) is 9.59 Å². The summed E-state index contributed by atoms with van der Waals surface area (Å²) >= 11 is 0. The Kier molecular flexibility index (Phi) is 5.66. The van der Waals surface area contributed by atoms with Crippen molar-refractivity contribution in [3.8, 4) is 5.75 Å². The van der Waals surface area contributed by atoms with Crippen molar-refractivity contribution in [2.45, 2.75) is 31.3 Å². The highest BCUT2D eigenvalue weighted by atomic mass is 16.5. The molecule has 1 spiro atoms. The molecule has 0 aliphatic carbocycles. The van der Waals surface area contributed by atoms with Gasteiger partial charge in [0.1, 0.15) is 17.7 Å². The molecule has 1 saturated heterocycles. The third kappa shape index (κ3) is 3.98. The van der Waals surface area contributed by atoms with E-state index in [0.29, 0.717) is 48.5 Å². The molecule has 2 aromatic heterocycles. The van der Waals surface area contributed by atoms with E-state index in [1.807, 2.05) is 41.4 Å². The molecular weight excluding hydrogens is 400 g/mol. The van der Waals surface area contributed by atoms with Gasteiger partial charge in [-0.2, -0.15) is 0 Å². The summed E-state index contributed by atoms with van der Waals surface area (Å²) < 4.78 is 8.06. The van der Waals surface area contributed by atoms with Gasteiger partial charge in [-0.1, -0.05) is 12.1 Å². The van der Waals surface area contributed by atoms with Crippen LogP contribution in [0.15, 0.2) is 48.9 Å². The van der Waals surface area contributed by atoms with Crippen LogP contribution in [-0.4, -0.2) is 61.5 Å². The molecule has 1 N–H and O–H groups in total. The largest absolute Gasteiger partial charge is 0.486 e. The van der Waals surface area contributed by atoms with Crippen LogP contribution in [-0.2, 0) is 4.79 Å². The quantitative estimate of drug-likeness (QED) is 0.599. The van der Waals surface area contributed by atoms with E-state index in [1.54, 1.807) is 16.8 Å². The second kappa shape index (κ2) is 8.55. The monoisotopic (exact) mass is 422 g/mol. The molecule has 5 rings (SSSR count). The number of carbonyl (C=O) groups is 3. The SMILES string of the molecule is O=C1CC2(CCCN(C(=O)c3cccn4cnnc34)CC2)Oc2ccccc21.O=CO. The Morgan fingerprint density at radius 1 is 1.16 bits per heavy atom. The van der Waals surface area contributed by atoms with Crippen LogP contribution in [0.25, 0.3) is 5.65 Å². The van der Waals surface area contributed by atoms with E-state index >= 15 is 0 Å². The number of rotatable bonds is 1. The van der Waals surface area contributed by atoms with Crippen LogP contribution in [0.4, 0.5) is 0 Å². The summed E-state index contributed by atoms with van der Waals surface area (Å²) in [4.78, 5) is 36.0. The van der Waals surface area contributed by atoms with Crippen molar-refractivity contribution in [3.05, 3.63) is 60.0 Å². The number of ether oxygens (including phenoxy) is 1. The predicted octanol–water partition coefficient (Wildman–Crippen LogP) is 2.46. The van der Waals surface area contributed by atoms with Gasteiger partial charge in [-0.3, -0.25) is 18.8 Å². The van der Waals surface area contributed by atoms with E-state index in [0.717, 1.165) is 12.8 Å². The summed E-state index contributed by atoms with van der Waals surface area (Å²) in [5.41, 5.74) is 1.23. The summed E-state index contributed by atoms with van der Waals surface area (Å²) in [7, 11) is 0. The van der Waals surface area contributed by atoms with Crippen molar-refractivity contribution in [2.24, 2.45) is 0 Å². The Morgan fingerprint density at radius 3 is 2.81 bits per heavy atom. The number of nitrogens with zero attached hydrogens (tertiary/aromatic N) is 4. The van der Waals surface area contributed by atoms with Crippen LogP contribution in [0.1, 0.15) is 46.4 Å². The highest BCUT2D eigenvalue weighted by Crippen LogP contribution is 2.39. The molecule has 0 bridgehead atoms. The zero-order chi connectivity index (χ0) is 21.8. The first kappa shape index (κ1) is 20.5. The standard InChI is InChI=1S/C21H20N4O3.CH2O2/c26-17-13-21(28-18-7-2-1-5-15(17)18)8-4-11-24(12-9-21)20(27)16-6-3-10-25-14-22-23-19(16)25;2-1-3/h1-3,5-7,10,14H,4,8-9,11-13H2;1H,(H,2,3). The molecule has 1 aromatic carbocycles. The van der Waals surface area contributed by atoms with Crippen molar-refractivity contribution in [2.75, 3.05) is 13.1 Å². The van der Waals surface area contributed by atoms with Crippen LogP contribution in [0, 0.1) is 0 Å². The fourth-order valence-corrected chi connectivity index (χ4v) is 4.28. The Labute approximate surface area is 178 Å². The number of aromatic nitrogens is 3. The molecule has 1 atom stereocenters. The Bertz CT molecular complexity index is 1130. The minimum atomic E-state index is -0.526. The van der Waals surface area contributed by atoms with Crippen molar-refractivity contribution in [1.82, 2.24) is 19.5 Å². The van der Waals surface area contributed by atoms with Gasteiger partial charge < -0.3 is 14.7 Å². The third-order valence-electron chi connectivity index (χ3n) is 5.74. The molecule has 3 aromatic rings. The van der Waals surface area contributed by atoms with Gasteiger partial charge in [0.15, 0.2) is 11.4 Å². The number of likely N-dealkylation sites (tertiary alicyclic amines) is 1. The van der Waals surface area contributed by atoms with Crippen molar-refractivity contribution < 1.29 is 24.2 Å². The average molecular weight is 422 g/mol. The zero-order valence-corrected chi connectivity index (χ0v) is 16.8. The molecular formula is C22H22N4O5. The van der Waals surface area contributed by atoms with Crippen LogP contribution in [0.3, 0.4) is 0 Å².